The van der Waals surface area contributed by atoms with Crippen molar-refractivity contribution in [1.29, 1.82) is 0 Å². The predicted octanol–water partition coefficient (Wildman–Crippen LogP) is 2.94. The molecular weight excluding hydrogens is 134 g/mol. The van der Waals surface area contributed by atoms with Crippen LogP contribution in [-0.4, -0.2) is 6.04 Å². The molecule has 0 saturated carbocycles. The van der Waals surface area contributed by atoms with Gasteiger partial charge in [-0.2, -0.15) is 0 Å². The third-order valence-electron chi connectivity index (χ3n) is 3.34. The van der Waals surface area contributed by atoms with Crippen LogP contribution in [0.15, 0.2) is 0 Å². The molecule has 0 aliphatic rings. The molecule has 1 unspecified atom stereocenters. The highest BCUT2D eigenvalue weighted by molar-refractivity contribution is 4.84. The lowest BCUT2D eigenvalue weighted by atomic mass is 9.73. The van der Waals surface area contributed by atoms with E-state index in [-0.39, 0.29) is 0 Å². The summed E-state index contributed by atoms with van der Waals surface area (Å²) in [4.78, 5) is 0. The molecule has 0 bridgehead atoms. The molecular formula is C10H23N. The van der Waals surface area contributed by atoms with Crippen LogP contribution in [0.2, 0.25) is 0 Å². The van der Waals surface area contributed by atoms with E-state index in [1.807, 2.05) is 0 Å². The summed E-state index contributed by atoms with van der Waals surface area (Å²) in [5.74, 6) is 0. The summed E-state index contributed by atoms with van der Waals surface area (Å²) in [5, 5.41) is 0. The number of nitrogens with two attached hydrogens (primary N) is 1. The van der Waals surface area contributed by atoms with Gasteiger partial charge < -0.3 is 5.73 Å². The monoisotopic (exact) mass is 157 g/mol. The van der Waals surface area contributed by atoms with Crippen molar-refractivity contribution in [1.82, 2.24) is 0 Å². The van der Waals surface area contributed by atoms with Gasteiger partial charge in [0, 0.05) is 6.04 Å². The summed E-state index contributed by atoms with van der Waals surface area (Å²) >= 11 is 0. The molecule has 0 spiro atoms. The molecule has 0 rings (SSSR count). The third-order valence-corrected chi connectivity index (χ3v) is 3.34. The molecule has 68 valence electrons. The average Bonchev–Trinajstić information content (AvgIpc) is 2.08. The zero-order valence-electron chi connectivity index (χ0n) is 8.48. The van der Waals surface area contributed by atoms with Crippen molar-refractivity contribution >= 4 is 0 Å². The predicted molar refractivity (Wildman–Crippen MR) is 51.6 cm³/mol. The van der Waals surface area contributed by atoms with E-state index < -0.39 is 0 Å². The van der Waals surface area contributed by atoms with Crippen LogP contribution >= 0.6 is 0 Å². The Morgan fingerprint density at radius 3 is 1.45 bits per heavy atom. The van der Waals surface area contributed by atoms with Crippen LogP contribution in [0.3, 0.4) is 0 Å². The lowest BCUT2D eigenvalue weighted by Crippen LogP contribution is -2.40. The van der Waals surface area contributed by atoms with Crippen LogP contribution < -0.4 is 5.73 Å². The first-order valence-electron chi connectivity index (χ1n) is 4.92. The van der Waals surface area contributed by atoms with E-state index in [1.165, 1.54) is 19.3 Å². The zero-order chi connectivity index (χ0) is 8.91. The molecule has 0 amide bonds. The van der Waals surface area contributed by atoms with Crippen LogP contribution in [0.5, 0.6) is 0 Å². The third kappa shape index (κ3) is 2.19. The minimum absolute atomic E-state index is 0.391. The maximum atomic E-state index is 6.08. The fraction of sp³-hybridized carbons (Fsp3) is 1.00. The van der Waals surface area contributed by atoms with Gasteiger partial charge in [0.1, 0.15) is 0 Å². The molecule has 0 aromatic rings. The molecule has 0 aliphatic heterocycles. The van der Waals surface area contributed by atoms with Crippen molar-refractivity contribution in [3.63, 3.8) is 0 Å². The van der Waals surface area contributed by atoms with Crippen LogP contribution in [0, 0.1) is 5.41 Å². The van der Waals surface area contributed by atoms with Gasteiger partial charge in [0.25, 0.3) is 0 Å². The largest absolute Gasteiger partial charge is 0.327 e. The Morgan fingerprint density at radius 1 is 1.00 bits per heavy atom. The fourth-order valence-electron chi connectivity index (χ4n) is 1.97. The fourth-order valence-corrected chi connectivity index (χ4v) is 1.97. The van der Waals surface area contributed by atoms with E-state index in [9.17, 15) is 0 Å². The second-order valence-electron chi connectivity index (χ2n) is 3.44. The zero-order valence-corrected chi connectivity index (χ0v) is 8.48. The van der Waals surface area contributed by atoms with E-state index in [0.717, 1.165) is 6.42 Å². The van der Waals surface area contributed by atoms with Gasteiger partial charge in [0.05, 0.1) is 0 Å². The Morgan fingerprint density at radius 2 is 1.36 bits per heavy atom. The SMILES string of the molecule is CCC(N)C(CC)(CC)CC. The molecule has 0 fully saturated rings. The Hall–Kier alpha value is -0.0400. The van der Waals surface area contributed by atoms with Gasteiger partial charge in [0.2, 0.25) is 0 Å². The smallest absolute Gasteiger partial charge is 0.00926 e. The average molecular weight is 157 g/mol. The van der Waals surface area contributed by atoms with E-state index in [0.29, 0.717) is 11.5 Å². The Labute approximate surface area is 71.4 Å². The van der Waals surface area contributed by atoms with Crippen molar-refractivity contribution in [3.05, 3.63) is 0 Å². The molecule has 0 aromatic heterocycles. The van der Waals surface area contributed by atoms with Crippen LogP contribution in [0.4, 0.5) is 0 Å². The Kier molecular flexibility index (Phi) is 4.74. The molecule has 0 aromatic carbocycles. The normalized spacial score (nSPS) is 15.0. The van der Waals surface area contributed by atoms with Gasteiger partial charge in [-0.1, -0.05) is 27.7 Å². The minimum Gasteiger partial charge on any atom is -0.327 e. The van der Waals surface area contributed by atoms with Crippen molar-refractivity contribution in [2.45, 2.75) is 59.4 Å². The second-order valence-corrected chi connectivity index (χ2v) is 3.44. The van der Waals surface area contributed by atoms with E-state index in [2.05, 4.69) is 27.7 Å². The number of rotatable bonds is 5. The second kappa shape index (κ2) is 4.76. The highest BCUT2D eigenvalue weighted by Gasteiger charge is 2.29. The van der Waals surface area contributed by atoms with Crippen molar-refractivity contribution < 1.29 is 0 Å². The first-order chi connectivity index (χ1) is 5.16. The molecule has 1 nitrogen and oxygen atoms in total. The summed E-state index contributed by atoms with van der Waals surface area (Å²) in [6.45, 7) is 8.94. The first kappa shape index (κ1) is 11.0. The van der Waals surface area contributed by atoms with E-state index in [1.54, 1.807) is 0 Å². The molecule has 1 heteroatoms. The Balaban J connectivity index is 4.26. The highest BCUT2D eigenvalue weighted by Crippen LogP contribution is 2.34. The quantitative estimate of drug-likeness (QED) is 0.652. The topological polar surface area (TPSA) is 26.0 Å². The van der Waals surface area contributed by atoms with Gasteiger partial charge in [-0.3, -0.25) is 0 Å². The number of hydrogen-bond donors (Lipinski definition) is 1. The van der Waals surface area contributed by atoms with Gasteiger partial charge in [-0.25, -0.2) is 0 Å². The standard InChI is InChI=1S/C10H23N/c1-5-9(11)10(6-2,7-3)8-4/h9H,5-8,11H2,1-4H3. The summed E-state index contributed by atoms with van der Waals surface area (Å²) in [6, 6.07) is 0.391. The van der Waals surface area contributed by atoms with Crippen LogP contribution in [0.25, 0.3) is 0 Å². The maximum absolute atomic E-state index is 6.08. The van der Waals surface area contributed by atoms with Crippen LogP contribution in [-0.2, 0) is 0 Å². The molecule has 11 heavy (non-hydrogen) atoms. The van der Waals surface area contributed by atoms with Crippen molar-refractivity contribution in [2.24, 2.45) is 11.1 Å². The highest BCUT2D eigenvalue weighted by atomic mass is 14.7. The molecule has 0 radical (unpaired) electrons. The van der Waals surface area contributed by atoms with Crippen molar-refractivity contribution in [2.75, 3.05) is 0 Å². The molecule has 0 heterocycles. The summed E-state index contributed by atoms with van der Waals surface area (Å²) < 4.78 is 0. The van der Waals surface area contributed by atoms with E-state index in [4.69, 9.17) is 5.73 Å². The van der Waals surface area contributed by atoms with Crippen LogP contribution in [0.1, 0.15) is 53.4 Å². The Bertz CT molecular complexity index is 86.8. The van der Waals surface area contributed by atoms with Gasteiger partial charge in [0.15, 0.2) is 0 Å². The first-order valence-corrected chi connectivity index (χ1v) is 4.92. The van der Waals surface area contributed by atoms with Gasteiger partial charge in [-0.15, -0.1) is 0 Å². The summed E-state index contributed by atoms with van der Waals surface area (Å²) in [5.41, 5.74) is 6.50. The lowest BCUT2D eigenvalue weighted by Gasteiger charge is -2.36. The minimum atomic E-state index is 0.391. The maximum Gasteiger partial charge on any atom is 0.00926 e. The summed E-state index contributed by atoms with van der Waals surface area (Å²) in [7, 11) is 0. The molecule has 2 N–H and O–H groups in total. The molecule has 0 aliphatic carbocycles. The van der Waals surface area contributed by atoms with Crippen molar-refractivity contribution in [3.8, 4) is 0 Å². The summed E-state index contributed by atoms with van der Waals surface area (Å²) in [6.07, 6.45) is 4.76. The van der Waals surface area contributed by atoms with Gasteiger partial charge >= 0.3 is 0 Å². The molecule has 1 atom stereocenters. The van der Waals surface area contributed by atoms with E-state index >= 15 is 0 Å². The lowest BCUT2D eigenvalue weighted by molar-refractivity contribution is 0.189. The van der Waals surface area contributed by atoms with Gasteiger partial charge in [-0.05, 0) is 31.1 Å². The molecule has 0 saturated heterocycles. The number of hydrogen-bond acceptors (Lipinski definition) is 1.